The Morgan fingerprint density at radius 1 is 1.53 bits per heavy atom. The highest BCUT2D eigenvalue weighted by Gasteiger charge is 2.41. The number of aliphatic hydroxyl groups excluding tert-OH is 1. The molecule has 0 bridgehead atoms. The van der Waals surface area contributed by atoms with E-state index in [1.54, 1.807) is 13.1 Å². The van der Waals surface area contributed by atoms with E-state index in [1.807, 2.05) is 0 Å². The minimum absolute atomic E-state index is 0.0289. The monoisotopic (exact) mass is 266 g/mol. The summed E-state index contributed by atoms with van der Waals surface area (Å²) in [5, 5.41) is 25.9. The van der Waals surface area contributed by atoms with Crippen molar-refractivity contribution in [2.45, 2.75) is 19.3 Å². The van der Waals surface area contributed by atoms with Crippen LogP contribution in [-0.2, 0) is 0 Å². The van der Waals surface area contributed by atoms with E-state index in [-0.39, 0.29) is 23.5 Å². The molecular formula is C12H18N4O3. The summed E-state index contributed by atoms with van der Waals surface area (Å²) in [6, 6.07) is 3.01. The molecule has 1 aromatic heterocycles. The van der Waals surface area contributed by atoms with Crippen molar-refractivity contribution in [3.8, 4) is 0 Å². The van der Waals surface area contributed by atoms with Crippen LogP contribution in [0.4, 0.5) is 17.3 Å². The Kier molecular flexibility index (Phi) is 3.84. The molecule has 0 amide bonds. The molecule has 19 heavy (non-hydrogen) atoms. The Labute approximate surface area is 111 Å². The summed E-state index contributed by atoms with van der Waals surface area (Å²) in [7, 11) is 1.71. The van der Waals surface area contributed by atoms with Gasteiger partial charge in [-0.15, -0.1) is 0 Å². The van der Waals surface area contributed by atoms with Gasteiger partial charge in [-0.25, -0.2) is 4.98 Å². The van der Waals surface area contributed by atoms with Crippen molar-refractivity contribution >= 4 is 17.3 Å². The summed E-state index contributed by atoms with van der Waals surface area (Å²) >= 11 is 0. The molecule has 3 N–H and O–H groups in total. The zero-order valence-electron chi connectivity index (χ0n) is 10.8. The molecular weight excluding hydrogens is 248 g/mol. The average molecular weight is 266 g/mol. The molecule has 0 aromatic carbocycles. The topological polar surface area (TPSA) is 100 Å². The van der Waals surface area contributed by atoms with Crippen LogP contribution in [0.1, 0.15) is 19.3 Å². The Hall–Kier alpha value is -1.89. The van der Waals surface area contributed by atoms with Crippen LogP contribution in [0.5, 0.6) is 0 Å². The van der Waals surface area contributed by atoms with Gasteiger partial charge in [-0.3, -0.25) is 10.1 Å². The average Bonchev–Trinajstić information content (AvgIpc) is 3.16. The second-order valence-corrected chi connectivity index (χ2v) is 4.90. The minimum Gasteiger partial charge on any atom is -0.396 e. The molecule has 0 saturated heterocycles. The lowest BCUT2D eigenvalue weighted by molar-refractivity contribution is -0.384. The van der Waals surface area contributed by atoms with Gasteiger partial charge in [0.2, 0.25) is 5.82 Å². The van der Waals surface area contributed by atoms with Gasteiger partial charge >= 0.3 is 5.69 Å². The Balaban J connectivity index is 2.11. The van der Waals surface area contributed by atoms with Crippen molar-refractivity contribution in [3.05, 3.63) is 22.2 Å². The van der Waals surface area contributed by atoms with Gasteiger partial charge in [-0.2, -0.15) is 0 Å². The predicted octanol–water partition coefficient (Wildman–Crippen LogP) is 1.61. The number of anilines is 2. The van der Waals surface area contributed by atoms with E-state index in [2.05, 4.69) is 15.6 Å². The first-order chi connectivity index (χ1) is 9.10. The number of aliphatic hydroxyl groups is 1. The summed E-state index contributed by atoms with van der Waals surface area (Å²) < 4.78 is 0. The molecule has 1 aliphatic rings. The predicted molar refractivity (Wildman–Crippen MR) is 72.3 cm³/mol. The van der Waals surface area contributed by atoms with Crippen molar-refractivity contribution in [2.24, 2.45) is 5.41 Å². The molecule has 2 rings (SSSR count). The van der Waals surface area contributed by atoms with Crippen molar-refractivity contribution in [3.63, 3.8) is 0 Å². The lowest BCUT2D eigenvalue weighted by Crippen LogP contribution is -2.18. The van der Waals surface area contributed by atoms with E-state index < -0.39 is 4.92 Å². The largest absolute Gasteiger partial charge is 0.396 e. The van der Waals surface area contributed by atoms with E-state index in [0.717, 1.165) is 19.3 Å². The molecule has 1 heterocycles. The molecule has 1 saturated carbocycles. The Bertz CT molecular complexity index is 474. The van der Waals surface area contributed by atoms with Gasteiger partial charge in [-0.05, 0) is 30.7 Å². The third-order valence-electron chi connectivity index (χ3n) is 3.56. The number of aromatic nitrogens is 1. The smallest absolute Gasteiger partial charge is 0.311 e. The molecule has 1 fully saturated rings. The Morgan fingerprint density at radius 3 is 2.79 bits per heavy atom. The first-order valence-corrected chi connectivity index (χ1v) is 6.28. The van der Waals surface area contributed by atoms with Crippen LogP contribution in [0.15, 0.2) is 12.1 Å². The zero-order chi connectivity index (χ0) is 13.9. The molecule has 1 aromatic rings. The molecule has 0 radical (unpaired) electrons. The number of nitrogens with one attached hydrogen (secondary N) is 2. The summed E-state index contributed by atoms with van der Waals surface area (Å²) in [5.41, 5.74) is 0.0544. The molecule has 7 nitrogen and oxygen atoms in total. The fraction of sp³-hybridized carbons (Fsp3) is 0.583. The number of nitro groups is 1. The lowest BCUT2D eigenvalue weighted by atomic mass is 10.0. The van der Waals surface area contributed by atoms with Crippen LogP contribution < -0.4 is 10.6 Å². The van der Waals surface area contributed by atoms with Crippen LogP contribution in [-0.4, -0.2) is 35.2 Å². The summed E-state index contributed by atoms with van der Waals surface area (Å²) in [6.07, 6.45) is 2.81. The van der Waals surface area contributed by atoms with Crippen LogP contribution in [0.3, 0.4) is 0 Å². The van der Waals surface area contributed by atoms with E-state index in [1.165, 1.54) is 6.07 Å². The SMILES string of the molecule is CNc1ccc([N+](=O)[O-])c(NCC2(CCO)CC2)n1. The van der Waals surface area contributed by atoms with Gasteiger partial charge in [0.25, 0.3) is 0 Å². The fourth-order valence-electron chi connectivity index (χ4n) is 2.07. The van der Waals surface area contributed by atoms with E-state index in [4.69, 9.17) is 5.11 Å². The van der Waals surface area contributed by atoms with E-state index in [0.29, 0.717) is 12.4 Å². The second-order valence-electron chi connectivity index (χ2n) is 4.90. The maximum Gasteiger partial charge on any atom is 0.311 e. The Morgan fingerprint density at radius 2 is 2.26 bits per heavy atom. The number of hydrogen-bond donors (Lipinski definition) is 3. The molecule has 7 heteroatoms. The quantitative estimate of drug-likeness (QED) is 0.512. The number of hydrogen-bond acceptors (Lipinski definition) is 6. The van der Waals surface area contributed by atoms with Crippen LogP contribution >= 0.6 is 0 Å². The van der Waals surface area contributed by atoms with E-state index in [9.17, 15) is 10.1 Å². The lowest BCUT2D eigenvalue weighted by Gasteiger charge is -2.15. The highest BCUT2D eigenvalue weighted by molar-refractivity contribution is 5.60. The molecule has 0 aliphatic heterocycles. The van der Waals surface area contributed by atoms with Gasteiger partial charge in [0.15, 0.2) is 0 Å². The maximum absolute atomic E-state index is 11.0. The molecule has 0 spiro atoms. The van der Waals surface area contributed by atoms with Crippen molar-refractivity contribution < 1.29 is 10.0 Å². The molecule has 1 aliphatic carbocycles. The fourth-order valence-corrected chi connectivity index (χ4v) is 2.07. The maximum atomic E-state index is 11.0. The minimum atomic E-state index is -0.444. The molecule has 0 atom stereocenters. The van der Waals surface area contributed by atoms with Crippen molar-refractivity contribution in [1.82, 2.24) is 4.98 Å². The van der Waals surface area contributed by atoms with Gasteiger partial charge in [0.1, 0.15) is 5.82 Å². The highest BCUT2D eigenvalue weighted by Crippen LogP contribution is 2.48. The van der Waals surface area contributed by atoms with Crippen LogP contribution in [0.2, 0.25) is 0 Å². The summed E-state index contributed by atoms with van der Waals surface area (Å²) in [6.45, 7) is 0.752. The summed E-state index contributed by atoms with van der Waals surface area (Å²) in [4.78, 5) is 14.7. The molecule has 104 valence electrons. The molecule has 0 unspecified atom stereocenters. The third kappa shape index (κ3) is 3.11. The first-order valence-electron chi connectivity index (χ1n) is 6.28. The number of nitrogens with zero attached hydrogens (tertiary/aromatic N) is 2. The van der Waals surface area contributed by atoms with Gasteiger partial charge in [-0.1, -0.05) is 0 Å². The van der Waals surface area contributed by atoms with Gasteiger partial charge in [0.05, 0.1) is 4.92 Å². The standard InChI is InChI=1S/C12H18N4O3/c1-13-10-3-2-9(16(18)19)11(15-10)14-8-12(4-5-12)6-7-17/h2-3,17H,4-8H2,1H3,(H2,13,14,15). The van der Waals surface area contributed by atoms with Crippen molar-refractivity contribution in [2.75, 3.05) is 30.8 Å². The van der Waals surface area contributed by atoms with Gasteiger partial charge in [0, 0.05) is 26.3 Å². The number of pyridine rings is 1. The second kappa shape index (κ2) is 5.40. The zero-order valence-corrected chi connectivity index (χ0v) is 10.8. The first kappa shape index (κ1) is 13.5. The van der Waals surface area contributed by atoms with Crippen molar-refractivity contribution in [1.29, 1.82) is 0 Å². The highest BCUT2D eigenvalue weighted by atomic mass is 16.6. The summed E-state index contributed by atoms with van der Waals surface area (Å²) in [5.74, 6) is 0.862. The van der Waals surface area contributed by atoms with Crippen LogP contribution in [0, 0.1) is 15.5 Å². The number of rotatable bonds is 7. The third-order valence-corrected chi connectivity index (χ3v) is 3.56. The van der Waals surface area contributed by atoms with E-state index >= 15 is 0 Å². The normalized spacial score (nSPS) is 15.9. The van der Waals surface area contributed by atoms with Crippen LogP contribution in [0.25, 0.3) is 0 Å². The van der Waals surface area contributed by atoms with Gasteiger partial charge < -0.3 is 15.7 Å².